The van der Waals surface area contributed by atoms with Gasteiger partial charge in [0.15, 0.2) is 0 Å². The normalized spacial score (nSPS) is 16.5. The number of carbonyl (C=O) groups excluding carboxylic acids is 2. The van der Waals surface area contributed by atoms with Crippen molar-refractivity contribution in [1.82, 2.24) is 19.9 Å². The number of amides is 2. The van der Waals surface area contributed by atoms with Crippen molar-refractivity contribution < 1.29 is 14.3 Å². The number of anilines is 1. The van der Waals surface area contributed by atoms with Gasteiger partial charge < -0.3 is 14.5 Å². The molecule has 0 bridgehead atoms. The molecule has 0 saturated carbocycles. The van der Waals surface area contributed by atoms with Crippen LogP contribution in [0.5, 0.6) is 0 Å². The summed E-state index contributed by atoms with van der Waals surface area (Å²) in [6, 6.07) is 14.0. The van der Waals surface area contributed by atoms with Crippen molar-refractivity contribution in [2.24, 2.45) is 0 Å². The summed E-state index contributed by atoms with van der Waals surface area (Å²) in [6.07, 6.45) is 9.68. The maximum Gasteiger partial charge on any atom is 0.410 e. The Morgan fingerprint density at radius 3 is 2.49 bits per heavy atom. The van der Waals surface area contributed by atoms with Gasteiger partial charge >= 0.3 is 6.09 Å². The van der Waals surface area contributed by atoms with E-state index in [1.165, 1.54) is 0 Å². The molecule has 1 saturated heterocycles. The van der Waals surface area contributed by atoms with Crippen LogP contribution in [0, 0.1) is 0 Å². The van der Waals surface area contributed by atoms with Gasteiger partial charge in [-0.3, -0.25) is 19.7 Å². The van der Waals surface area contributed by atoms with Gasteiger partial charge in [-0.25, -0.2) is 4.79 Å². The zero-order chi connectivity index (χ0) is 27.2. The number of nitrogens with zero attached hydrogens (tertiary/aromatic N) is 5. The first-order chi connectivity index (χ1) is 18.8. The minimum atomic E-state index is -0.706. The van der Waals surface area contributed by atoms with Gasteiger partial charge in [-0.2, -0.15) is 0 Å². The van der Waals surface area contributed by atoms with Crippen LogP contribution in [0.15, 0.2) is 73.4 Å². The molecule has 0 aliphatic carbocycles. The average molecular weight is 522 g/mol. The number of benzene rings is 1. The predicted octanol–water partition coefficient (Wildman–Crippen LogP) is 5.51. The van der Waals surface area contributed by atoms with Gasteiger partial charge in [0.05, 0.1) is 29.5 Å². The molecule has 1 fully saturated rings. The molecule has 0 radical (unpaired) electrons. The molecule has 3 aromatic heterocycles. The zero-order valence-corrected chi connectivity index (χ0v) is 22.4. The van der Waals surface area contributed by atoms with Crippen LogP contribution in [0.25, 0.3) is 21.9 Å². The molecule has 2 amide bonds. The summed E-state index contributed by atoms with van der Waals surface area (Å²) < 4.78 is 5.58. The van der Waals surface area contributed by atoms with Gasteiger partial charge in [-0.1, -0.05) is 30.3 Å². The summed E-state index contributed by atoms with van der Waals surface area (Å²) in [5.41, 5.74) is 3.23. The van der Waals surface area contributed by atoms with E-state index in [1.54, 1.807) is 23.5 Å². The SMILES string of the molecule is CC(C)(C)OC(=O)N1CCC2(CC1)C(=O)N(Cc1ncc3ccccc3c1-c1cccnc1)c1cnccc12. The standard InChI is InChI=1S/C31H31N5O3/c1-30(2,3)39-29(38)35-15-11-31(12-16-35)24-10-14-33-19-26(24)36(28(31)37)20-25-27(22-8-6-13-32-17-22)23-9-5-4-7-21(23)18-34-25/h4-10,13-14,17-19H,11-12,15-16,20H2,1-3H3. The number of aromatic nitrogens is 3. The third-order valence-electron chi connectivity index (χ3n) is 7.67. The summed E-state index contributed by atoms with van der Waals surface area (Å²) in [6.45, 7) is 6.79. The second-order valence-electron chi connectivity index (χ2n) is 11.2. The Morgan fingerprint density at radius 1 is 0.974 bits per heavy atom. The Balaban J connectivity index is 1.35. The number of rotatable bonds is 3. The summed E-state index contributed by atoms with van der Waals surface area (Å²) in [4.78, 5) is 44.1. The molecule has 39 heavy (non-hydrogen) atoms. The maximum atomic E-state index is 14.3. The molecule has 1 aromatic carbocycles. The van der Waals surface area contributed by atoms with Crippen molar-refractivity contribution in [3.63, 3.8) is 0 Å². The molecule has 5 heterocycles. The highest BCUT2D eigenvalue weighted by atomic mass is 16.6. The Morgan fingerprint density at radius 2 is 1.74 bits per heavy atom. The smallest absolute Gasteiger partial charge is 0.410 e. The fraction of sp³-hybridized carbons (Fsp3) is 0.323. The summed E-state index contributed by atoms with van der Waals surface area (Å²) in [5, 5.41) is 2.09. The van der Waals surface area contributed by atoms with E-state index in [2.05, 4.69) is 16.0 Å². The van der Waals surface area contributed by atoms with E-state index in [-0.39, 0.29) is 12.0 Å². The number of likely N-dealkylation sites (tertiary alicyclic amines) is 1. The van der Waals surface area contributed by atoms with Crippen molar-refractivity contribution in [1.29, 1.82) is 0 Å². The van der Waals surface area contributed by atoms with Gasteiger partial charge in [-0.05, 0) is 56.7 Å². The van der Waals surface area contributed by atoms with E-state index >= 15 is 0 Å². The number of pyridine rings is 3. The molecule has 2 aliphatic heterocycles. The number of hydrogen-bond acceptors (Lipinski definition) is 6. The molecule has 198 valence electrons. The minimum Gasteiger partial charge on any atom is -0.444 e. The van der Waals surface area contributed by atoms with Crippen molar-refractivity contribution in [3.8, 4) is 11.1 Å². The highest BCUT2D eigenvalue weighted by Crippen LogP contribution is 2.48. The molecule has 0 atom stereocenters. The van der Waals surface area contributed by atoms with E-state index < -0.39 is 11.0 Å². The topological polar surface area (TPSA) is 88.5 Å². The first kappa shape index (κ1) is 25.0. The third-order valence-corrected chi connectivity index (χ3v) is 7.67. The molecule has 0 N–H and O–H groups in total. The van der Waals surface area contributed by atoms with Crippen LogP contribution in [0.4, 0.5) is 10.5 Å². The Kier molecular flexibility index (Phi) is 6.05. The van der Waals surface area contributed by atoms with E-state index in [9.17, 15) is 9.59 Å². The molecule has 0 unspecified atom stereocenters. The van der Waals surface area contributed by atoms with Gasteiger partial charge in [0.2, 0.25) is 5.91 Å². The summed E-state index contributed by atoms with van der Waals surface area (Å²) >= 11 is 0. The van der Waals surface area contributed by atoms with Crippen LogP contribution in [-0.2, 0) is 21.5 Å². The molecule has 6 rings (SSSR count). The monoisotopic (exact) mass is 521 g/mol. The largest absolute Gasteiger partial charge is 0.444 e. The number of piperidine rings is 1. The summed E-state index contributed by atoms with van der Waals surface area (Å²) in [7, 11) is 0. The Labute approximate surface area is 227 Å². The highest BCUT2D eigenvalue weighted by Gasteiger charge is 2.53. The van der Waals surface area contributed by atoms with Crippen LogP contribution < -0.4 is 4.90 Å². The fourth-order valence-corrected chi connectivity index (χ4v) is 5.83. The number of hydrogen-bond donors (Lipinski definition) is 0. The predicted molar refractivity (Wildman–Crippen MR) is 149 cm³/mol. The minimum absolute atomic E-state index is 0.0291. The van der Waals surface area contributed by atoms with Gasteiger partial charge in [-0.15, -0.1) is 0 Å². The van der Waals surface area contributed by atoms with E-state index in [1.807, 2.05) is 74.5 Å². The molecule has 2 aliphatic rings. The second kappa shape index (κ2) is 9.45. The van der Waals surface area contributed by atoms with E-state index in [4.69, 9.17) is 9.72 Å². The first-order valence-electron chi connectivity index (χ1n) is 13.3. The Hall–Kier alpha value is -4.33. The first-order valence-corrected chi connectivity index (χ1v) is 13.3. The molecule has 8 heteroatoms. The van der Waals surface area contributed by atoms with Crippen molar-refractivity contribution in [3.05, 3.63) is 84.7 Å². The molecular formula is C31H31N5O3. The van der Waals surface area contributed by atoms with Gasteiger partial charge in [0, 0.05) is 54.4 Å². The van der Waals surface area contributed by atoms with Crippen LogP contribution in [0.2, 0.25) is 0 Å². The summed E-state index contributed by atoms with van der Waals surface area (Å²) in [5.74, 6) is 0.0291. The van der Waals surface area contributed by atoms with Crippen LogP contribution in [-0.4, -0.2) is 50.5 Å². The lowest BCUT2D eigenvalue weighted by atomic mass is 9.74. The molecular weight excluding hydrogens is 490 g/mol. The zero-order valence-electron chi connectivity index (χ0n) is 22.4. The lowest BCUT2D eigenvalue weighted by molar-refractivity contribution is -0.125. The number of ether oxygens (including phenoxy) is 1. The quantitative estimate of drug-likeness (QED) is 0.353. The van der Waals surface area contributed by atoms with Crippen molar-refractivity contribution in [2.45, 2.75) is 51.2 Å². The third kappa shape index (κ3) is 4.39. The van der Waals surface area contributed by atoms with Crippen LogP contribution >= 0.6 is 0 Å². The maximum absolute atomic E-state index is 14.3. The fourth-order valence-electron chi connectivity index (χ4n) is 5.83. The second-order valence-corrected chi connectivity index (χ2v) is 11.2. The molecule has 4 aromatic rings. The molecule has 1 spiro atoms. The van der Waals surface area contributed by atoms with Gasteiger partial charge in [0.1, 0.15) is 5.60 Å². The number of carbonyl (C=O) groups is 2. The molecule has 8 nitrogen and oxygen atoms in total. The van der Waals surface area contributed by atoms with E-state index in [0.717, 1.165) is 38.8 Å². The number of fused-ring (bicyclic) bond motifs is 3. The lowest BCUT2D eigenvalue weighted by Crippen LogP contribution is -2.50. The van der Waals surface area contributed by atoms with Crippen LogP contribution in [0.3, 0.4) is 0 Å². The average Bonchev–Trinajstić information content (AvgIpc) is 3.15. The van der Waals surface area contributed by atoms with Crippen molar-refractivity contribution >= 4 is 28.5 Å². The lowest BCUT2D eigenvalue weighted by Gasteiger charge is -2.38. The van der Waals surface area contributed by atoms with Crippen LogP contribution in [0.1, 0.15) is 44.9 Å². The van der Waals surface area contributed by atoms with E-state index in [0.29, 0.717) is 32.5 Å². The highest BCUT2D eigenvalue weighted by molar-refractivity contribution is 6.08. The Bertz CT molecular complexity index is 1560. The van der Waals surface area contributed by atoms with Gasteiger partial charge in [0.25, 0.3) is 0 Å². The van der Waals surface area contributed by atoms with Crippen molar-refractivity contribution in [2.75, 3.05) is 18.0 Å².